The molecule has 162 valence electrons. The normalized spacial score (nSPS) is 21.9. The van der Waals surface area contributed by atoms with Gasteiger partial charge in [-0.05, 0) is 38.2 Å². The van der Waals surface area contributed by atoms with Crippen molar-refractivity contribution in [1.82, 2.24) is 15.3 Å². The number of hydrogen-bond acceptors (Lipinski definition) is 7. The number of anilines is 1. The number of hydrogen-bond donors (Lipinski definition) is 3. The third-order valence-electron chi connectivity index (χ3n) is 4.93. The summed E-state index contributed by atoms with van der Waals surface area (Å²) in [6.45, 7) is 3.40. The number of nitrogens with one attached hydrogen (secondary N) is 2. The van der Waals surface area contributed by atoms with Gasteiger partial charge in [0.2, 0.25) is 0 Å². The van der Waals surface area contributed by atoms with Crippen LogP contribution in [0.1, 0.15) is 18.9 Å². The van der Waals surface area contributed by atoms with Crippen LogP contribution in [0.15, 0.2) is 24.3 Å². The van der Waals surface area contributed by atoms with Crippen molar-refractivity contribution in [2.45, 2.75) is 32.0 Å². The third kappa shape index (κ3) is 6.40. The van der Waals surface area contributed by atoms with E-state index in [4.69, 9.17) is 9.57 Å². The lowest BCUT2D eigenvalue weighted by Gasteiger charge is -2.23. The summed E-state index contributed by atoms with van der Waals surface area (Å²) in [6, 6.07) is 6.47. The SMILES string of the molecule is CC[C@@H]1C(CO)ON(Cc2cccc(NC(=O)NCCN(C)C)c2)[C@@H]1C(=O)OC. The van der Waals surface area contributed by atoms with Crippen molar-refractivity contribution in [3.63, 3.8) is 0 Å². The number of aliphatic hydroxyl groups excluding tert-OH is 1. The summed E-state index contributed by atoms with van der Waals surface area (Å²) in [7, 11) is 5.23. The van der Waals surface area contributed by atoms with Gasteiger partial charge in [0.05, 0.1) is 20.3 Å². The second-order valence-corrected chi connectivity index (χ2v) is 7.33. The smallest absolute Gasteiger partial charge is 0.325 e. The van der Waals surface area contributed by atoms with Crippen LogP contribution in [-0.4, -0.2) is 80.1 Å². The molecule has 1 aromatic carbocycles. The Morgan fingerprint density at radius 1 is 1.34 bits per heavy atom. The second kappa shape index (κ2) is 11.1. The van der Waals surface area contributed by atoms with Crippen LogP contribution in [0.3, 0.4) is 0 Å². The largest absolute Gasteiger partial charge is 0.468 e. The first-order valence-corrected chi connectivity index (χ1v) is 9.80. The molecule has 1 heterocycles. The maximum Gasteiger partial charge on any atom is 0.325 e. The van der Waals surface area contributed by atoms with Crippen LogP contribution >= 0.6 is 0 Å². The molecule has 2 amide bonds. The van der Waals surface area contributed by atoms with Crippen molar-refractivity contribution in [2.75, 3.05) is 46.2 Å². The van der Waals surface area contributed by atoms with Gasteiger partial charge in [0.15, 0.2) is 0 Å². The molecular formula is C20H32N4O5. The van der Waals surface area contributed by atoms with E-state index in [1.165, 1.54) is 7.11 Å². The zero-order valence-electron chi connectivity index (χ0n) is 17.6. The minimum Gasteiger partial charge on any atom is -0.468 e. The molecule has 0 saturated carbocycles. The Hall–Kier alpha value is -2.20. The Bertz CT molecular complexity index is 685. The lowest BCUT2D eigenvalue weighted by Crippen LogP contribution is -2.40. The van der Waals surface area contributed by atoms with Crippen molar-refractivity contribution >= 4 is 17.7 Å². The van der Waals surface area contributed by atoms with E-state index in [0.29, 0.717) is 25.2 Å². The number of carbonyl (C=O) groups is 2. The number of amides is 2. The molecule has 1 unspecified atom stereocenters. The molecule has 0 aromatic heterocycles. The first kappa shape index (κ1) is 23.1. The van der Waals surface area contributed by atoms with Gasteiger partial charge in [-0.2, -0.15) is 5.06 Å². The van der Waals surface area contributed by atoms with Gasteiger partial charge in [-0.25, -0.2) is 4.79 Å². The molecule has 1 saturated heterocycles. The second-order valence-electron chi connectivity index (χ2n) is 7.33. The molecule has 1 fully saturated rings. The molecule has 3 N–H and O–H groups in total. The summed E-state index contributed by atoms with van der Waals surface area (Å²) >= 11 is 0. The van der Waals surface area contributed by atoms with Gasteiger partial charge in [-0.15, -0.1) is 0 Å². The number of hydroxylamine groups is 2. The highest BCUT2D eigenvalue weighted by Crippen LogP contribution is 2.32. The third-order valence-corrected chi connectivity index (χ3v) is 4.93. The quantitative estimate of drug-likeness (QED) is 0.525. The number of benzene rings is 1. The lowest BCUT2D eigenvalue weighted by atomic mass is 9.92. The number of nitrogens with zero attached hydrogens (tertiary/aromatic N) is 2. The van der Waals surface area contributed by atoms with E-state index < -0.39 is 12.1 Å². The molecule has 0 spiro atoms. The molecule has 2 rings (SSSR count). The fourth-order valence-electron chi connectivity index (χ4n) is 3.43. The summed E-state index contributed by atoms with van der Waals surface area (Å²) < 4.78 is 4.95. The molecule has 1 aliphatic heterocycles. The van der Waals surface area contributed by atoms with E-state index in [0.717, 1.165) is 12.1 Å². The average Bonchev–Trinajstić information content (AvgIpc) is 3.04. The molecule has 1 aliphatic rings. The molecule has 3 atom stereocenters. The molecule has 9 nitrogen and oxygen atoms in total. The average molecular weight is 408 g/mol. The van der Waals surface area contributed by atoms with Gasteiger partial charge >= 0.3 is 12.0 Å². The first-order chi connectivity index (χ1) is 13.9. The number of carbonyl (C=O) groups excluding carboxylic acids is 2. The molecule has 0 bridgehead atoms. The zero-order chi connectivity index (χ0) is 21.4. The zero-order valence-corrected chi connectivity index (χ0v) is 17.6. The summed E-state index contributed by atoms with van der Waals surface area (Å²) in [5.41, 5.74) is 1.50. The van der Waals surface area contributed by atoms with Crippen LogP contribution < -0.4 is 10.6 Å². The highest BCUT2D eigenvalue weighted by Gasteiger charge is 2.46. The Kier molecular flexibility index (Phi) is 8.84. The number of likely N-dealkylation sites (N-methyl/N-ethyl adjacent to an activating group) is 1. The molecule has 29 heavy (non-hydrogen) atoms. The first-order valence-electron chi connectivity index (χ1n) is 9.80. The van der Waals surface area contributed by atoms with Crippen molar-refractivity contribution in [3.8, 4) is 0 Å². The van der Waals surface area contributed by atoms with Gasteiger partial charge < -0.3 is 25.4 Å². The van der Waals surface area contributed by atoms with E-state index in [-0.39, 0.29) is 24.5 Å². The fraction of sp³-hybridized carbons (Fsp3) is 0.600. The highest BCUT2D eigenvalue weighted by atomic mass is 16.7. The van der Waals surface area contributed by atoms with Crippen LogP contribution in [0.4, 0.5) is 10.5 Å². The monoisotopic (exact) mass is 408 g/mol. The maximum absolute atomic E-state index is 12.3. The van der Waals surface area contributed by atoms with E-state index >= 15 is 0 Å². The van der Waals surface area contributed by atoms with E-state index in [1.807, 2.05) is 44.1 Å². The van der Waals surface area contributed by atoms with E-state index in [2.05, 4.69) is 10.6 Å². The van der Waals surface area contributed by atoms with Gasteiger partial charge in [0.1, 0.15) is 12.1 Å². The van der Waals surface area contributed by atoms with Crippen molar-refractivity contribution in [3.05, 3.63) is 29.8 Å². The predicted octanol–water partition coefficient (Wildman–Crippen LogP) is 1.05. The highest BCUT2D eigenvalue weighted by molar-refractivity contribution is 5.89. The Morgan fingerprint density at radius 3 is 2.72 bits per heavy atom. The Morgan fingerprint density at radius 2 is 2.10 bits per heavy atom. The van der Waals surface area contributed by atoms with Gasteiger partial charge in [0.25, 0.3) is 0 Å². The number of ether oxygens (including phenoxy) is 1. The maximum atomic E-state index is 12.3. The lowest BCUT2D eigenvalue weighted by molar-refractivity contribution is -0.189. The van der Waals surface area contributed by atoms with Crippen molar-refractivity contribution < 1.29 is 24.3 Å². The topological polar surface area (TPSA) is 103 Å². The van der Waals surface area contributed by atoms with E-state index in [1.54, 1.807) is 11.1 Å². The number of methoxy groups -OCH3 is 1. The van der Waals surface area contributed by atoms with Gasteiger partial charge in [0, 0.05) is 24.7 Å². The molecule has 9 heteroatoms. The van der Waals surface area contributed by atoms with Crippen LogP contribution in [0.5, 0.6) is 0 Å². The summed E-state index contributed by atoms with van der Waals surface area (Å²) in [4.78, 5) is 32.2. The van der Waals surface area contributed by atoms with Crippen LogP contribution in [-0.2, 0) is 20.9 Å². The minimum absolute atomic E-state index is 0.156. The standard InChI is InChI=1S/C20H32N4O5/c1-5-16-17(13-25)29-24(18(16)19(26)28-4)12-14-7-6-8-15(11-14)22-20(27)21-9-10-23(2)3/h6-8,11,16-18,25H,5,9-10,12-13H2,1-4H3,(H2,21,22,27)/t16-,17?,18+/m1/s1. The Labute approximate surface area is 171 Å². The van der Waals surface area contributed by atoms with Crippen LogP contribution in [0.25, 0.3) is 0 Å². The summed E-state index contributed by atoms with van der Waals surface area (Å²) in [5.74, 6) is -0.543. The predicted molar refractivity (Wildman–Crippen MR) is 109 cm³/mol. The van der Waals surface area contributed by atoms with Crippen LogP contribution in [0.2, 0.25) is 0 Å². The summed E-state index contributed by atoms with van der Waals surface area (Å²) in [5, 5.41) is 16.8. The number of rotatable bonds is 9. The molecule has 1 aromatic rings. The molecule has 0 aliphatic carbocycles. The number of esters is 1. The van der Waals surface area contributed by atoms with Gasteiger partial charge in [-0.3, -0.25) is 9.63 Å². The molecule has 0 radical (unpaired) electrons. The van der Waals surface area contributed by atoms with Gasteiger partial charge in [-0.1, -0.05) is 19.1 Å². The number of urea groups is 1. The van der Waals surface area contributed by atoms with E-state index in [9.17, 15) is 14.7 Å². The number of aliphatic hydroxyl groups is 1. The minimum atomic E-state index is -0.590. The summed E-state index contributed by atoms with van der Waals surface area (Å²) in [6.07, 6.45) is 0.226. The fourth-order valence-corrected chi connectivity index (χ4v) is 3.43. The van der Waals surface area contributed by atoms with Crippen molar-refractivity contribution in [1.29, 1.82) is 0 Å². The van der Waals surface area contributed by atoms with Crippen LogP contribution in [0, 0.1) is 5.92 Å². The molecular weight excluding hydrogens is 376 g/mol. The Balaban J connectivity index is 2.04. The van der Waals surface area contributed by atoms with Crippen molar-refractivity contribution in [2.24, 2.45) is 5.92 Å².